The van der Waals surface area contributed by atoms with Gasteiger partial charge in [-0.25, -0.2) is 4.98 Å². The molecule has 1 aromatic heterocycles. The first kappa shape index (κ1) is 18.8. The molecule has 2 aromatic rings. The molecule has 1 aliphatic heterocycles. The van der Waals surface area contributed by atoms with Crippen molar-refractivity contribution < 1.29 is 4.79 Å². The number of nitrogens with one attached hydrogen (secondary N) is 1. The van der Waals surface area contributed by atoms with Crippen LogP contribution < -0.4 is 10.2 Å². The van der Waals surface area contributed by atoms with E-state index in [1.165, 1.54) is 6.42 Å². The lowest BCUT2D eigenvalue weighted by molar-refractivity contribution is -0.126. The summed E-state index contributed by atoms with van der Waals surface area (Å²) >= 11 is 7.73. The molecule has 2 heterocycles. The van der Waals surface area contributed by atoms with E-state index in [-0.39, 0.29) is 17.9 Å². The molecule has 1 saturated heterocycles. The molecule has 4 nitrogen and oxygen atoms in total. The Hall–Kier alpha value is -1.59. The Morgan fingerprint density at radius 3 is 2.52 bits per heavy atom. The van der Waals surface area contributed by atoms with Crippen molar-refractivity contribution in [3.05, 3.63) is 45.9 Å². The molecule has 27 heavy (non-hydrogen) atoms. The fourth-order valence-electron chi connectivity index (χ4n) is 4.01. The lowest BCUT2D eigenvalue weighted by Crippen LogP contribution is -2.42. The average Bonchev–Trinajstić information content (AvgIpc) is 3.23. The monoisotopic (exact) mass is 403 g/mol. The minimum Gasteiger partial charge on any atom is -0.349 e. The summed E-state index contributed by atoms with van der Waals surface area (Å²) in [4.78, 5) is 19.8. The van der Waals surface area contributed by atoms with Gasteiger partial charge in [0.05, 0.1) is 11.7 Å². The van der Waals surface area contributed by atoms with E-state index >= 15 is 0 Å². The van der Waals surface area contributed by atoms with E-state index in [2.05, 4.69) is 27.5 Å². The molecule has 2 aliphatic rings. The fraction of sp³-hybridized carbons (Fsp3) is 0.524. The number of hydrogen-bond donors (Lipinski definition) is 1. The molecule has 1 N–H and O–H groups in total. The Kier molecular flexibility index (Phi) is 5.42. The third-order valence-electron chi connectivity index (χ3n) is 5.87. The number of hydrogen-bond acceptors (Lipinski definition) is 4. The summed E-state index contributed by atoms with van der Waals surface area (Å²) in [6.45, 7) is 6.08. The number of amides is 1. The number of carbonyl (C=O) groups is 1. The Morgan fingerprint density at radius 1 is 1.30 bits per heavy atom. The zero-order valence-corrected chi connectivity index (χ0v) is 17.4. The molecule has 1 amide bonds. The van der Waals surface area contributed by atoms with E-state index in [9.17, 15) is 4.79 Å². The highest BCUT2D eigenvalue weighted by Crippen LogP contribution is 2.47. The van der Waals surface area contributed by atoms with E-state index in [0.717, 1.165) is 47.3 Å². The van der Waals surface area contributed by atoms with Gasteiger partial charge in [0.25, 0.3) is 0 Å². The van der Waals surface area contributed by atoms with Gasteiger partial charge in [0.15, 0.2) is 5.13 Å². The van der Waals surface area contributed by atoms with Gasteiger partial charge in [-0.05, 0) is 55.7 Å². The second kappa shape index (κ2) is 7.80. The molecule has 4 rings (SSSR count). The predicted molar refractivity (Wildman–Crippen MR) is 111 cm³/mol. The van der Waals surface area contributed by atoms with Gasteiger partial charge in [-0.15, -0.1) is 11.3 Å². The van der Waals surface area contributed by atoms with E-state index in [4.69, 9.17) is 11.6 Å². The molecule has 0 unspecified atom stereocenters. The molecule has 6 heteroatoms. The Morgan fingerprint density at radius 2 is 1.96 bits per heavy atom. The first-order valence-electron chi connectivity index (χ1n) is 9.74. The van der Waals surface area contributed by atoms with Gasteiger partial charge in [0.2, 0.25) is 5.91 Å². The van der Waals surface area contributed by atoms with E-state index < -0.39 is 0 Å². The second-order valence-electron chi connectivity index (χ2n) is 7.95. The van der Waals surface area contributed by atoms with Crippen LogP contribution in [0.4, 0.5) is 5.13 Å². The number of halogens is 1. The van der Waals surface area contributed by atoms with Crippen LogP contribution in [0.1, 0.15) is 43.5 Å². The molecule has 2 fully saturated rings. The number of anilines is 1. The normalized spacial score (nSPS) is 23.9. The minimum absolute atomic E-state index is 0.0890. The first-order valence-corrected chi connectivity index (χ1v) is 11.0. The number of aryl methyl sites for hydroxylation is 1. The highest BCUT2D eigenvalue weighted by molar-refractivity contribution is 7.13. The summed E-state index contributed by atoms with van der Waals surface area (Å²) in [5.74, 6) is 1.49. The van der Waals surface area contributed by atoms with Crippen LogP contribution >= 0.6 is 22.9 Å². The summed E-state index contributed by atoms with van der Waals surface area (Å²) in [6, 6.07) is 8.02. The first-order chi connectivity index (χ1) is 13.0. The van der Waals surface area contributed by atoms with Crippen LogP contribution in [0.2, 0.25) is 5.02 Å². The summed E-state index contributed by atoms with van der Waals surface area (Å²) in [5, 5.41) is 7.26. The predicted octanol–water partition coefficient (Wildman–Crippen LogP) is 4.83. The zero-order chi connectivity index (χ0) is 19.0. The number of nitrogens with zero attached hydrogens (tertiary/aromatic N) is 2. The van der Waals surface area contributed by atoms with Crippen LogP contribution in [-0.4, -0.2) is 24.0 Å². The lowest BCUT2D eigenvalue weighted by atomic mass is 9.94. The van der Waals surface area contributed by atoms with Gasteiger partial charge >= 0.3 is 0 Å². The number of rotatable bonds is 5. The highest BCUT2D eigenvalue weighted by Gasteiger charge is 2.41. The van der Waals surface area contributed by atoms with Crippen molar-refractivity contribution in [2.24, 2.45) is 17.8 Å². The second-order valence-corrected chi connectivity index (χ2v) is 9.22. The number of piperidine rings is 1. The number of carbonyl (C=O) groups excluding carboxylic acids is 1. The Bertz CT molecular complexity index is 798. The van der Waals surface area contributed by atoms with Crippen LogP contribution in [0.5, 0.6) is 0 Å². The molecule has 0 bridgehead atoms. The lowest BCUT2D eigenvalue weighted by Gasteiger charge is -2.32. The van der Waals surface area contributed by atoms with Crippen LogP contribution in [-0.2, 0) is 4.79 Å². The third-order valence-corrected chi connectivity index (χ3v) is 7.14. The molecule has 0 spiro atoms. The van der Waals surface area contributed by atoms with Gasteiger partial charge in [-0.3, -0.25) is 4.79 Å². The Labute approximate surface area is 169 Å². The topological polar surface area (TPSA) is 45.2 Å². The number of benzene rings is 1. The summed E-state index contributed by atoms with van der Waals surface area (Å²) < 4.78 is 0. The molecule has 1 aromatic carbocycles. The minimum atomic E-state index is 0.0890. The van der Waals surface area contributed by atoms with Crippen LogP contribution in [0.15, 0.2) is 29.6 Å². The molecule has 144 valence electrons. The fourth-order valence-corrected chi connectivity index (χ4v) is 5.00. The van der Waals surface area contributed by atoms with Crippen LogP contribution in [0.3, 0.4) is 0 Å². The van der Waals surface area contributed by atoms with Gasteiger partial charge in [0.1, 0.15) is 0 Å². The number of thiazole rings is 1. The van der Waals surface area contributed by atoms with Gasteiger partial charge < -0.3 is 10.2 Å². The largest absolute Gasteiger partial charge is 0.349 e. The molecular weight excluding hydrogens is 378 g/mol. The smallest absolute Gasteiger partial charge is 0.223 e. The standard InChI is InChI=1S/C21H26ClN3OS/c1-13-11-18(13)19(15-3-5-17(22)6-4-15)24-20(26)16-7-9-25(10-8-16)21-23-14(2)12-27-21/h3-6,12-13,16,18-19H,7-11H2,1-2H3,(H,24,26)/t13-,18-,19-/m1/s1. The van der Waals surface area contributed by atoms with Crippen molar-refractivity contribution in [2.75, 3.05) is 18.0 Å². The Balaban J connectivity index is 1.38. The molecule has 3 atom stereocenters. The van der Waals surface area contributed by atoms with Gasteiger partial charge in [0, 0.05) is 29.4 Å². The zero-order valence-electron chi connectivity index (χ0n) is 15.8. The van der Waals surface area contributed by atoms with Crippen molar-refractivity contribution >= 4 is 34.0 Å². The van der Waals surface area contributed by atoms with Crippen LogP contribution in [0.25, 0.3) is 0 Å². The molecule has 0 radical (unpaired) electrons. The molecule has 1 aliphatic carbocycles. The molecule has 1 saturated carbocycles. The maximum absolute atomic E-state index is 13.0. The maximum Gasteiger partial charge on any atom is 0.223 e. The quantitative estimate of drug-likeness (QED) is 0.777. The average molecular weight is 404 g/mol. The van der Waals surface area contributed by atoms with Crippen molar-refractivity contribution in [3.63, 3.8) is 0 Å². The number of aromatic nitrogens is 1. The SMILES string of the molecule is Cc1csc(N2CCC(C(=O)N[C@H](c3ccc(Cl)cc3)[C@@H]3C[C@H]3C)CC2)n1. The highest BCUT2D eigenvalue weighted by atomic mass is 35.5. The van der Waals surface area contributed by atoms with Crippen molar-refractivity contribution in [3.8, 4) is 0 Å². The van der Waals surface area contributed by atoms with E-state index in [1.807, 2.05) is 31.2 Å². The third kappa shape index (κ3) is 4.30. The molecular formula is C21H26ClN3OS. The summed E-state index contributed by atoms with van der Waals surface area (Å²) in [7, 11) is 0. The van der Waals surface area contributed by atoms with Crippen molar-refractivity contribution in [1.29, 1.82) is 0 Å². The maximum atomic E-state index is 13.0. The van der Waals surface area contributed by atoms with Crippen molar-refractivity contribution in [2.45, 2.75) is 39.2 Å². The summed E-state index contributed by atoms with van der Waals surface area (Å²) in [6.07, 6.45) is 2.95. The van der Waals surface area contributed by atoms with Crippen molar-refractivity contribution in [1.82, 2.24) is 10.3 Å². The van der Waals surface area contributed by atoms with E-state index in [0.29, 0.717) is 11.8 Å². The van der Waals surface area contributed by atoms with E-state index in [1.54, 1.807) is 11.3 Å². The van der Waals surface area contributed by atoms with Gasteiger partial charge in [-0.2, -0.15) is 0 Å². The van der Waals surface area contributed by atoms with Gasteiger partial charge in [-0.1, -0.05) is 30.7 Å². The summed E-state index contributed by atoms with van der Waals surface area (Å²) in [5.41, 5.74) is 2.23. The van der Waals surface area contributed by atoms with Crippen LogP contribution in [0, 0.1) is 24.7 Å².